The molecule has 0 saturated carbocycles. The van der Waals surface area contributed by atoms with Gasteiger partial charge in [0.1, 0.15) is 11.6 Å². The largest absolute Gasteiger partial charge is 0.378 e. The molecule has 0 saturated heterocycles. The van der Waals surface area contributed by atoms with Gasteiger partial charge >= 0.3 is 0 Å². The van der Waals surface area contributed by atoms with Crippen molar-refractivity contribution in [3.63, 3.8) is 0 Å². The lowest BCUT2D eigenvalue weighted by atomic mass is 10.1. The first-order valence-electron chi connectivity index (χ1n) is 6.02. The zero-order valence-corrected chi connectivity index (χ0v) is 12.0. The third-order valence-electron chi connectivity index (χ3n) is 2.76. The highest BCUT2D eigenvalue weighted by molar-refractivity contribution is 7.91. The maximum absolute atomic E-state index is 13.5. The predicted molar refractivity (Wildman–Crippen MR) is 69.6 cm³/mol. The number of rotatable bonds is 6. The molecule has 19 heavy (non-hydrogen) atoms. The second kappa shape index (κ2) is 6.43. The standard InChI is InChI=1S/C13H18F2O3S/c1-9(2)18-7-8-19(16,17)10(3)13-11(14)5-4-6-12(13)15/h4-6,9-10H,7-8H2,1-3H3/t10-/m1/s1. The minimum atomic E-state index is -3.66. The molecule has 0 amide bonds. The zero-order chi connectivity index (χ0) is 14.6. The van der Waals surface area contributed by atoms with E-state index in [0.717, 1.165) is 12.1 Å². The van der Waals surface area contributed by atoms with Crippen LogP contribution in [0.1, 0.15) is 31.6 Å². The fourth-order valence-electron chi connectivity index (χ4n) is 1.66. The summed E-state index contributed by atoms with van der Waals surface area (Å²) >= 11 is 0. The number of hydrogen-bond donors (Lipinski definition) is 0. The molecule has 1 aromatic rings. The van der Waals surface area contributed by atoms with E-state index in [1.54, 1.807) is 13.8 Å². The summed E-state index contributed by atoms with van der Waals surface area (Å²) < 4.78 is 56.3. The van der Waals surface area contributed by atoms with E-state index in [2.05, 4.69) is 0 Å². The van der Waals surface area contributed by atoms with Crippen LogP contribution in [0.15, 0.2) is 18.2 Å². The van der Waals surface area contributed by atoms with Crippen LogP contribution in [0.5, 0.6) is 0 Å². The fourth-order valence-corrected chi connectivity index (χ4v) is 2.92. The number of hydrogen-bond acceptors (Lipinski definition) is 3. The molecule has 0 N–H and O–H groups in total. The fraction of sp³-hybridized carbons (Fsp3) is 0.538. The monoisotopic (exact) mass is 292 g/mol. The molecule has 0 heterocycles. The lowest BCUT2D eigenvalue weighted by Crippen LogP contribution is -2.21. The molecular formula is C13H18F2O3S. The van der Waals surface area contributed by atoms with E-state index in [9.17, 15) is 17.2 Å². The molecule has 0 radical (unpaired) electrons. The van der Waals surface area contributed by atoms with Gasteiger partial charge in [-0.25, -0.2) is 17.2 Å². The van der Waals surface area contributed by atoms with Crippen LogP contribution in [0.2, 0.25) is 0 Å². The molecular weight excluding hydrogens is 274 g/mol. The lowest BCUT2D eigenvalue weighted by molar-refractivity contribution is 0.0911. The summed E-state index contributed by atoms with van der Waals surface area (Å²) in [6.07, 6.45) is -0.0873. The van der Waals surface area contributed by atoms with Gasteiger partial charge in [-0.2, -0.15) is 0 Å². The Labute approximate surface area is 112 Å². The molecule has 3 nitrogen and oxygen atoms in total. The Bertz CT molecular complexity index is 506. The maximum atomic E-state index is 13.5. The van der Waals surface area contributed by atoms with Crippen LogP contribution in [0.25, 0.3) is 0 Å². The van der Waals surface area contributed by atoms with Crippen LogP contribution < -0.4 is 0 Å². The van der Waals surface area contributed by atoms with E-state index < -0.39 is 32.3 Å². The molecule has 1 aromatic carbocycles. The molecule has 0 aromatic heterocycles. The van der Waals surface area contributed by atoms with E-state index in [0.29, 0.717) is 0 Å². The summed E-state index contributed by atoms with van der Waals surface area (Å²) in [6.45, 7) is 4.87. The van der Waals surface area contributed by atoms with E-state index in [1.807, 2.05) is 0 Å². The van der Waals surface area contributed by atoms with Gasteiger partial charge in [-0.1, -0.05) is 6.07 Å². The van der Waals surface area contributed by atoms with Crippen molar-refractivity contribution < 1.29 is 21.9 Å². The predicted octanol–water partition coefficient (Wildman–Crippen LogP) is 2.87. The summed E-state index contributed by atoms with van der Waals surface area (Å²) in [4.78, 5) is 0. The van der Waals surface area contributed by atoms with E-state index >= 15 is 0 Å². The summed E-state index contributed by atoms with van der Waals surface area (Å²) in [6, 6.07) is 3.31. The average Bonchev–Trinajstić information content (AvgIpc) is 2.27. The van der Waals surface area contributed by atoms with Crippen LogP contribution in [-0.2, 0) is 14.6 Å². The van der Waals surface area contributed by atoms with Crippen molar-refractivity contribution in [2.45, 2.75) is 32.1 Å². The highest BCUT2D eigenvalue weighted by Gasteiger charge is 2.27. The van der Waals surface area contributed by atoms with Gasteiger partial charge in [0.15, 0.2) is 9.84 Å². The van der Waals surface area contributed by atoms with Crippen molar-refractivity contribution in [2.24, 2.45) is 0 Å². The topological polar surface area (TPSA) is 43.4 Å². The molecule has 1 rings (SSSR count). The third kappa shape index (κ3) is 4.24. The van der Waals surface area contributed by atoms with Crippen LogP contribution >= 0.6 is 0 Å². The number of ether oxygens (including phenoxy) is 1. The molecule has 0 unspecified atom stereocenters. The van der Waals surface area contributed by atoms with Crippen molar-refractivity contribution in [3.8, 4) is 0 Å². The second-order valence-electron chi connectivity index (χ2n) is 4.56. The minimum Gasteiger partial charge on any atom is -0.378 e. The molecule has 0 spiro atoms. The quantitative estimate of drug-likeness (QED) is 0.809. The number of benzene rings is 1. The summed E-state index contributed by atoms with van der Waals surface area (Å²) in [7, 11) is -3.66. The van der Waals surface area contributed by atoms with Crippen LogP contribution in [0.4, 0.5) is 8.78 Å². The Hall–Kier alpha value is -1.01. The number of sulfone groups is 1. The van der Waals surface area contributed by atoms with Gasteiger partial charge in [0.2, 0.25) is 0 Å². The van der Waals surface area contributed by atoms with Gasteiger partial charge in [-0.15, -0.1) is 0 Å². The molecule has 6 heteroatoms. The Morgan fingerprint density at radius 2 is 1.68 bits per heavy atom. The van der Waals surface area contributed by atoms with Crippen molar-refractivity contribution >= 4 is 9.84 Å². The maximum Gasteiger partial charge on any atom is 0.159 e. The van der Waals surface area contributed by atoms with Gasteiger partial charge < -0.3 is 4.74 Å². The Morgan fingerprint density at radius 1 is 1.16 bits per heavy atom. The van der Waals surface area contributed by atoms with Crippen LogP contribution in [-0.4, -0.2) is 26.9 Å². The van der Waals surface area contributed by atoms with Gasteiger partial charge in [-0.3, -0.25) is 0 Å². The Balaban J connectivity index is 2.89. The SMILES string of the molecule is CC(C)OCCS(=O)(=O)[C@H](C)c1c(F)cccc1F. The summed E-state index contributed by atoms with van der Waals surface area (Å²) in [5.41, 5.74) is -0.410. The second-order valence-corrected chi connectivity index (χ2v) is 7.01. The molecule has 1 atom stereocenters. The smallest absolute Gasteiger partial charge is 0.159 e. The van der Waals surface area contributed by atoms with Crippen LogP contribution in [0.3, 0.4) is 0 Å². The Kier molecular flexibility index (Phi) is 5.43. The molecule has 108 valence electrons. The first-order chi connectivity index (χ1) is 8.75. The lowest BCUT2D eigenvalue weighted by Gasteiger charge is -2.15. The van der Waals surface area contributed by atoms with Gasteiger partial charge in [0, 0.05) is 5.56 Å². The normalized spacial score (nSPS) is 13.8. The number of halogens is 2. The molecule has 0 aliphatic rings. The molecule has 0 aliphatic heterocycles. The van der Waals surface area contributed by atoms with E-state index in [1.165, 1.54) is 13.0 Å². The molecule has 0 fully saturated rings. The van der Waals surface area contributed by atoms with E-state index in [4.69, 9.17) is 4.74 Å². The summed E-state index contributed by atoms with van der Waals surface area (Å²) in [5.74, 6) is -1.96. The highest BCUT2D eigenvalue weighted by atomic mass is 32.2. The average molecular weight is 292 g/mol. The zero-order valence-electron chi connectivity index (χ0n) is 11.2. The van der Waals surface area contributed by atoms with E-state index in [-0.39, 0.29) is 18.5 Å². The van der Waals surface area contributed by atoms with Crippen LogP contribution in [0, 0.1) is 11.6 Å². The molecule has 0 bridgehead atoms. The highest BCUT2D eigenvalue weighted by Crippen LogP contribution is 2.27. The van der Waals surface area contributed by atoms with Gasteiger partial charge in [0.25, 0.3) is 0 Å². The molecule has 0 aliphatic carbocycles. The summed E-state index contributed by atoms with van der Waals surface area (Å²) in [5, 5.41) is -1.23. The first-order valence-corrected chi connectivity index (χ1v) is 7.74. The van der Waals surface area contributed by atoms with Crippen molar-refractivity contribution in [1.82, 2.24) is 0 Å². The van der Waals surface area contributed by atoms with Crippen molar-refractivity contribution in [3.05, 3.63) is 35.4 Å². The van der Waals surface area contributed by atoms with Crippen molar-refractivity contribution in [1.29, 1.82) is 0 Å². The Morgan fingerprint density at radius 3 is 2.16 bits per heavy atom. The van der Waals surface area contributed by atoms with Crippen molar-refractivity contribution in [2.75, 3.05) is 12.4 Å². The third-order valence-corrected chi connectivity index (χ3v) is 4.81. The minimum absolute atomic E-state index is 0.0143. The first kappa shape index (κ1) is 16.0. The van der Waals surface area contributed by atoms with Gasteiger partial charge in [0.05, 0.1) is 23.7 Å². The van der Waals surface area contributed by atoms with Gasteiger partial charge in [-0.05, 0) is 32.9 Å².